The Morgan fingerprint density at radius 2 is 2.05 bits per heavy atom. The molecule has 4 nitrogen and oxygen atoms in total. The molecule has 0 saturated carbocycles. The normalized spacial score (nSPS) is 12.0. The average molecular weight is 296 g/mol. The van der Waals surface area contributed by atoms with Gasteiger partial charge in [-0.1, -0.05) is 29.8 Å². The second kappa shape index (κ2) is 8.87. The number of carbonyl (C=O) groups is 1. The van der Waals surface area contributed by atoms with Gasteiger partial charge in [0.25, 0.3) is 0 Å². The van der Waals surface area contributed by atoms with Gasteiger partial charge < -0.3 is 15.3 Å². The molecule has 1 unspecified atom stereocenters. The Morgan fingerprint density at radius 3 is 2.65 bits per heavy atom. The largest absolute Gasteiger partial charge is 0.392 e. The zero-order chi connectivity index (χ0) is 15.0. The SMILES string of the molecule is Cc1ccc(CSCCNC(=O)N(C)CC(C)O)cc1. The van der Waals surface area contributed by atoms with Gasteiger partial charge in [0.2, 0.25) is 0 Å². The van der Waals surface area contributed by atoms with E-state index >= 15 is 0 Å². The quantitative estimate of drug-likeness (QED) is 0.759. The smallest absolute Gasteiger partial charge is 0.317 e. The van der Waals surface area contributed by atoms with Crippen molar-refractivity contribution in [1.29, 1.82) is 0 Å². The van der Waals surface area contributed by atoms with Crippen LogP contribution in [0.3, 0.4) is 0 Å². The summed E-state index contributed by atoms with van der Waals surface area (Å²) in [7, 11) is 1.68. The van der Waals surface area contributed by atoms with Gasteiger partial charge in [-0.25, -0.2) is 4.79 Å². The van der Waals surface area contributed by atoms with Crippen molar-refractivity contribution >= 4 is 17.8 Å². The fraction of sp³-hybridized carbons (Fsp3) is 0.533. The summed E-state index contributed by atoms with van der Waals surface area (Å²) in [6, 6.07) is 8.36. The molecule has 0 radical (unpaired) electrons. The highest BCUT2D eigenvalue weighted by Gasteiger charge is 2.09. The maximum absolute atomic E-state index is 11.6. The van der Waals surface area contributed by atoms with Crippen LogP contribution in [0.15, 0.2) is 24.3 Å². The number of carbonyl (C=O) groups excluding carboxylic acids is 1. The molecule has 20 heavy (non-hydrogen) atoms. The molecule has 0 aliphatic carbocycles. The molecule has 5 heteroatoms. The van der Waals surface area contributed by atoms with Gasteiger partial charge in [-0.05, 0) is 19.4 Å². The summed E-state index contributed by atoms with van der Waals surface area (Å²) in [5.41, 5.74) is 2.57. The molecule has 0 saturated heterocycles. The van der Waals surface area contributed by atoms with Crippen molar-refractivity contribution in [1.82, 2.24) is 10.2 Å². The molecule has 1 rings (SSSR count). The van der Waals surface area contributed by atoms with E-state index in [0.29, 0.717) is 13.1 Å². The highest BCUT2D eigenvalue weighted by Crippen LogP contribution is 2.12. The number of hydrogen-bond acceptors (Lipinski definition) is 3. The molecule has 0 spiro atoms. The number of hydrogen-bond donors (Lipinski definition) is 2. The summed E-state index contributed by atoms with van der Waals surface area (Å²) in [5.74, 6) is 1.84. The first kappa shape index (κ1) is 16.9. The van der Waals surface area contributed by atoms with Crippen LogP contribution >= 0.6 is 11.8 Å². The zero-order valence-corrected chi connectivity index (χ0v) is 13.2. The number of nitrogens with one attached hydrogen (secondary N) is 1. The fourth-order valence-electron chi connectivity index (χ4n) is 1.72. The van der Waals surface area contributed by atoms with E-state index < -0.39 is 6.10 Å². The van der Waals surface area contributed by atoms with Crippen molar-refractivity contribution in [3.63, 3.8) is 0 Å². The highest BCUT2D eigenvalue weighted by atomic mass is 32.2. The predicted molar refractivity (Wildman–Crippen MR) is 85.1 cm³/mol. The summed E-state index contributed by atoms with van der Waals surface area (Å²) in [5, 5.41) is 12.0. The summed E-state index contributed by atoms with van der Waals surface area (Å²) < 4.78 is 0. The number of amides is 2. The summed E-state index contributed by atoms with van der Waals surface area (Å²) >= 11 is 1.80. The molecule has 0 fully saturated rings. The third kappa shape index (κ3) is 6.82. The van der Waals surface area contributed by atoms with Crippen LogP contribution in [0, 0.1) is 6.92 Å². The van der Waals surface area contributed by atoms with Crippen molar-refractivity contribution < 1.29 is 9.90 Å². The molecule has 0 bridgehead atoms. The van der Waals surface area contributed by atoms with Crippen molar-refractivity contribution in [2.45, 2.75) is 25.7 Å². The number of aliphatic hydroxyl groups is 1. The van der Waals surface area contributed by atoms with Crippen LogP contribution in [0.1, 0.15) is 18.1 Å². The van der Waals surface area contributed by atoms with Crippen LogP contribution < -0.4 is 5.32 Å². The average Bonchev–Trinajstić information content (AvgIpc) is 2.39. The number of rotatable bonds is 7. The first-order chi connectivity index (χ1) is 9.49. The second-order valence-corrected chi connectivity index (χ2v) is 6.10. The van der Waals surface area contributed by atoms with Crippen LogP contribution in [0.2, 0.25) is 0 Å². The summed E-state index contributed by atoms with van der Waals surface area (Å²) in [4.78, 5) is 13.1. The maximum atomic E-state index is 11.6. The molecule has 1 aromatic rings. The van der Waals surface area contributed by atoms with E-state index in [1.807, 2.05) is 0 Å². The van der Waals surface area contributed by atoms with E-state index in [1.54, 1.807) is 25.7 Å². The van der Waals surface area contributed by atoms with Gasteiger partial charge in [0, 0.05) is 31.6 Å². The molecule has 0 heterocycles. The number of benzene rings is 1. The van der Waals surface area contributed by atoms with Crippen LogP contribution in [0.5, 0.6) is 0 Å². The van der Waals surface area contributed by atoms with Gasteiger partial charge in [-0.3, -0.25) is 0 Å². The standard InChI is InChI=1S/C15H24N2O2S/c1-12-4-6-14(7-5-12)11-20-9-8-16-15(19)17(3)10-13(2)18/h4-7,13,18H,8-11H2,1-3H3,(H,16,19). The number of aliphatic hydroxyl groups excluding tert-OH is 1. The van der Waals surface area contributed by atoms with Crippen molar-refractivity contribution in [2.75, 3.05) is 25.9 Å². The van der Waals surface area contributed by atoms with Gasteiger partial charge in [0.05, 0.1) is 6.10 Å². The lowest BCUT2D eigenvalue weighted by Gasteiger charge is -2.19. The van der Waals surface area contributed by atoms with E-state index in [2.05, 4.69) is 36.5 Å². The maximum Gasteiger partial charge on any atom is 0.317 e. The lowest BCUT2D eigenvalue weighted by molar-refractivity contribution is 0.144. The molecule has 1 atom stereocenters. The fourth-order valence-corrected chi connectivity index (χ4v) is 2.54. The van der Waals surface area contributed by atoms with Gasteiger partial charge in [0.15, 0.2) is 0 Å². The topological polar surface area (TPSA) is 52.6 Å². The minimum absolute atomic E-state index is 0.137. The first-order valence-corrected chi connectivity index (χ1v) is 7.95. The minimum Gasteiger partial charge on any atom is -0.392 e. The Labute approximate surface area is 125 Å². The van der Waals surface area contributed by atoms with Gasteiger partial charge in [0.1, 0.15) is 0 Å². The Kier molecular flexibility index (Phi) is 7.47. The molecule has 0 aromatic heterocycles. The molecular formula is C15H24N2O2S. The van der Waals surface area contributed by atoms with Crippen molar-refractivity contribution in [3.8, 4) is 0 Å². The van der Waals surface area contributed by atoms with Gasteiger partial charge in [-0.2, -0.15) is 11.8 Å². The Hall–Kier alpha value is -1.20. The number of thioether (sulfide) groups is 1. The van der Waals surface area contributed by atoms with E-state index in [0.717, 1.165) is 11.5 Å². The lowest BCUT2D eigenvalue weighted by Crippen LogP contribution is -2.41. The van der Waals surface area contributed by atoms with Crippen LogP contribution in [-0.4, -0.2) is 48.0 Å². The third-order valence-electron chi connectivity index (χ3n) is 2.80. The van der Waals surface area contributed by atoms with E-state index in [9.17, 15) is 9.90 Å². The molecule has 2 amide bonds. The zero-order valence-electron chi connectivity index (χ0n) is 12.4. The molecule has 1 aromatic carbocycles. The van der Waals surface area contributed by atoms with E-state index in [-0.39, 0.29) is 6.03 Å². The lowest BCUT2D eigenvalue weighted by atomic mass is 10.2. The monoisotopic (exact) mass is 296 g/mol. The van der Waals surface area contributed by atoms with Crippen molar-refractivity contribution in [3.05, 3.63) is 35.4 Å². The Balaban J connectivity index is 2.12. The molecule has 112 valence electrons. The van der Waals surface area contributed by atoms with E-state index in [1.165, 1.54) is 16.0 Å². The number of aryl methyl sites for hydroxylation is 1. The van der Waals surface area contributed by atoms with Crippen LogP contribution in [0.4, 0.5) is 4.79 Å². The van der Waals surface area contributed by atoms with Gasteiger partial charge in [-0.15, -0.1) is 0 Å². The summed E-state index contributed by atoms with van der Waals surface area (Å²) in [6.07, 6.45) is -0.498. The first-order valence-electron chi connectivity index (χ1n) is 6.79. The number of likely N-dealkylation sites (N-methyl/N-ethyl adjacent to an activating group) is 1. The van der Waals surface area contributed by atoms with Crippen LogP contribution in [-0.2, 0) is 5.75 Å². The number of nitrogens with zero attached hydrogens (tertiary/aromatic N) is 1. The third-order valence-corrected chi connectivity index (χ3v) is 3.83. The van der Waals surface area contributed by atoms with Crippen molar-refractivity contribution in [2.24, 2.45) is 0 Å². The highest BCUT2D eigenvalue weighted by molar-refractivity contribution is 7.98. The molecule has 2 N–H and O–H groups in total. The Morgan fingerprint density at radius 1 is 1.40 bits per heavy atom. The second-order valence-electron chi connectivity index (χ2n) is 5.00. The predicted octanol–water partition coefficient (Wildman–Crippen LogP) is 2.25. The number of urea groups is 1. The Bertz CT molecular complexity index is 407. The minimum atomic E-state index is -0.498. The molecule has 0 aliphatic heterocycles. The molecule has 0 aliphatic rings. The molecular weight excluding hydrogens is 272 g/mol. The summed E-state index contributed by atoms with van der Waals surface area (Å²) in [6.45, 7) is 4.74. The van der Waals surface area contributed by atoms with Gasteiger partial charge >= 0.3 is 6.03 Å². The van der Waals surface area contributed by atoms with Crippen LogP contribution in [0.25, 0.3) is 0 Å². The van der Waals surface area contributed by atoms with E-state index in [4.69, 9.17) is 0 Å².